The van der Waals surface area contributed by atoms with Crippen LogP contribution in [0.25, 0.3) is 0 Å². The van der Waals surface area contributed by atoms with Crippen molar-refractivity contribution in [3.63, 3.8) is 0 Å². The first-order valence-electron chi connectivity index (χ1n) is 9.63. The summed E-state index contributed by atoms with van der Waals surface area (Å²) in [6, 6.07) is 0.277. The first-order valence-corrected chi connectivity index (χ1v) is 9.63. The van der Waals surface area contributed by atoms with Crippen LogP contribution in [0.4, 0.5) is 20.5 Å². The first-order chi connectivity index (χ1) is 12.9. The van der Waals surface area contributed by atoms with Gasteiger partial charge in [-0.3, -0.25) is 10.0 Å². The van der Waals surface area contributed by atoms with E-state index in [0.717, 1.165) is 26.1 Å². The van der Waals surface area contributed by atoms with Crippen LogP contribution in [0.5, 0.6) is 0 Å². The normalized spacial score (nSPS) is 32.7. The summed E-state index contributed by atoms with van der Waals surface area (Å²) in [6.07, 6.45) is 1.43. The fourth-order valence-electron chi connectivity index (χ4n) is 4.98. The highest BCUT2D eigenvalue weighted by Gasteiger charge is 2.57. The highest BCUT2D eigenvalue weighted by molar-refractivity contribution is 5.75. The molecule has 3 fully saturated rings. The van der Waals surface area contributed by atoms with Crippen molar-refractivity contribution in [1.82, 2.24) is 15.4 Å². The lowest BCUT2D eigenvalue weighted by molar-refractivity contribution is -0.129. The number of alkyl halides is 2. The Morgan fingerprint density at radius 2 is 2.07 bits per heavy atom. The summed E-state index contributed by atoms with van der Waals surface area (Å²) >= 11 is 0. The van der Waals surface area contributed by atoms with Crippen LogP contribution in [0.2, 0.25) is 0 Å². The minimum atomic E-state index is -2.89. The maximum atomic E-state index is 14.4. The molecule has 2 aliphatic carbocycles. The maximum Gasteiger partial charge on any atom is 0.290 e. The third-order valence-electron chi connectivity index (χ3n) is 6.80. The standard InChI is InChI=1S/C18H23F2N5O2/c1-9-3-5-25(9)17-21-15-10(2-4-18(15,19)20)16(22-17)24-7-12-11(13(12)8-24)6-14(26)23-27/h9,11-13,27H,2-8H2,1H3,(H,23,26)/t9-,11?,12-,13+/m0/s1. The van der Waals surface area contributed by atoms with Gasteiger partial charge in [0, 0.05) is 44.1 Å². The zero-order chi connectivity index (χ0) is 18.9. The average Bonchev–Trinajstić information content (AvgIpc) is 2.96. The highest BCUT2D eigenvalue weighted by atomic mass is 19.3. The van der Waals surface area contributed by atoms with E-state index in [1.807, 2.05) is 4.90 Å². The molecule has 9 heteroatoms. The van der Waals surface area contributed by atoms with E-state index in [1.54, 1.807) is 5.48 Å². The number of aromatic nitrogens is 2. The Bertz CT molecular complexity index is 792. The van der Waals surface area contributed by atoms with E-state index in [0.29, 0.717) is 42.0 Å². The largest absolute Gasteiger partial charge is 0.356 e. The second kappa shape index (κ2) is 5.73. The molecule has 0 bridgehead atoms. The van der Waals surface area contributed by atoms with Gasteiger partial charge in [-0.25, -0.2) is 10.5 Å². The number of piperidine rings is 1. The van der Waals surface area contributed by atoms with Crippen molar-refractivity contribution in [1.29, 1.82) is 0 Å². The Balaban J connectivity index is 1.41. The highest BCUT2D eigenvalue weighted by Crippen LogP contribution is 2.55. The number of carbonyl (C=O) groups excluding carboxylic acids is 1. The van der Waals surface area contributed by atoms with Crippen molar-refractivity contribution < 1.29 is 18.8 Å². The van der Waals surface area contributed by atoms with E-state index < -0.39 is 5.92 Å². The number of anilines is 2. The zero-order valence-electron chi connectivity index (χ0n) is 15.2. The molecular formula is C18H23F2N5O2. The third-order valence-corrected chi connectivity index (χ3v) is 6.80. The Hall–Kier alpha value is -2.03. The summed E-state index contributed by atoms with van der Waals surface area (Å²) in [5.41, 5.74) is 2.17. The number of carbonyl (C=O) groups is 1. The van der Waals surface area contributed by atoms with Crippen LogP contribution in [0.1, 0.15) is 37.4 Å². The lowest BCUT2D eigenvalue weighted by atomic mass is 10.1. The molecule has 7 nitrogen and oxygen atoms in total. The number of halogens is 2. The average molecular weight is 379 g/mol. The predicted octanol–water partition coefficient (Wildman–Crippen LogP) is 1.69. The molecule has 3 heterocycles. The third kappa shape index (κ3) is 2.58. The summed E-state index contributed by atoms with van der Waals surface area (Å²) in [4.78, 5) is 24.4. The Kier molecular flexibility index (Phi) is 3.63. The fourth-order valence-corrected chi connectivity index (χ4v) is 4.98. The lowest BCUT2D eigenvalue weighted by Gasteiger charge is -2.39. The van der Waals surface area contributed by atoms with E-state index in [4.69, 9.17) is 10.2 Å². The maximum absolute atomic E-state index is 14.4. The van der Waals surface area contributed by atoms with Crippen molar-refractivity contribution >= 4 is 17.7 Å². The summed E-state index contributed by atoms with van der Waals surface area (Å²) in [5.74, 6) is -1.19. The smallest absolute Gasteiger partial charge is 0.290 e. The SMILES string of the molecule is C[C@H]1CCN1c1nc(N2C[C@@H]3C(CC(=O)NO)[C@@H]3C2)c2c(n1)C(F)(F)CC2. The van der Waals surface area contributed by atoms with Crippen molar-refractivity contribution in [2.75, 3.05) is 29.4 Å². The molecule has 2 aliphatic heterocycles. The van der Waals surface area contributed by atoms with Gasteiger partial charge in [-0.2, -0.15) is 13.8 Å². The van der Waals surface area contributed by atoms with E-state index in [9.17, 15) is 13.6 Å². The van der Waals surface area contributed by atoms with Gasteiger partial charge in [-0.05, 0) is 37.5 Å². The molecule has 0 spiro atoms. The van der Waals surface area contributed by atoms with E-state index >= 15 is 0 Å². The molecule has 1 saturated carbocycles. The van der Waals surface area contributed by atoms with Gasteiger partial charge in [0.05, 0.1) is 0 Å². The molecule has 146 valence electrons. The number of nitrogens with zero attached hydrogens (tertiary/aromatic N) is 4. The number of hydroxylamine groups is 1. The first kappa shape index (κ1) is 17.1. The molecule has 2 saturated heterocycles. The number of fused-ring (bicyclic) bond motifs is 2. The molecule has 1 aromatic heterocycles. The van der Waals surface area contributed by atoms with Gasteiger partial charge in [-0.1, -0.05) is 0 Å². The molecular weight excluding hydrogens is 356 g/mol. The fraction of sp³-hybridized carbons (Fsp3) is 0.722. The summed E-state index contributed by atoms with van der Waals surface area (Å²) in [7, 11) is 0. The molecule has 5 rings (SSSR count). The molecule has 0 radical (unpaired) electrons. The number of amides is 1. The topological polar surface area (TPSA) is 81.6 Å². The summed E-state index contributed by atoms with van der Waals surface area (Å²) in [5, 5.41) is 8.69. The quantitative estimate of drug-likeness (QED) is 0.612. The van der Waals surface area contributed by atoms with Gasteiger partial charge < -0.3 is 9.80 Å². The number of hydrogen-bond donors (Lipinski definition) is 2. The van der Waals surface area contributed by atoms with Crippen LogP contribution in [-0.4, -0.2) is 46.8 Å². The monoisotopic (exact) mass is 379 g/mol. The Labute approximate surface area is 155 Å². The molecule has 4 atom stereocenters. The van der Waals surface area contributed by atoms with Crippen LogP contribution in [0.3, 0.4) is 0 Å². The van der Waals surface area contributed by atoms with Crippen molar-refractivity contribution in [2.45, 2.75) is 44.6 Å². The molecule has 4 aliphatic rings. The minimum Gasteiger partial charge on any atom is -0.356 e. The van der Waals surface area contributed by atoms with Crippen LogP contribution < -0.4 is 15.3 Å². The summed E-state index contributed by atoms with van der Waals surface area (Å²) < 4.78 is 28.8. The molecule has 0 aromatic carbocycles. The van der Waals surface area contributed by atoms with Crippen molar-refractivity contribution in [2.24, 2.45) is 17.8 Å². The van der Waals surface area contributed by atoms with Crippen LogP contribution in [0.15, 0.2) is 0 Å². The van der Waals surface area contributed by atoms with Crippen molar-refractivity contribution in [3.8, 4) is 0 Å². The van der Waals surface area contributed by atoms with E-state index in [2.05, 4.69) is 16.8 Å². The number of hydrogen-bond acceptors (Lipinski definition) is 6. The van der Waals surface area contributed by atoms with Gasteiger partial charge in [0.1, 0.15) is 11.5 Å². The summed E-state index contributed by atoms with van der Waals surface area (Å²) in [6.45, 7) is 4.30. The Morgan fingerprint density at radius 1 is 1.33 bits per heavy atom. The van der Waals surface area contributed by atoms with Crippen LogP contribution in [0, 0.1) is 17.8 Å². The second-order valence-electron chi connectivity index (χ2n) is 8.35. The predicted molar refractivity (Wildman–Crippen MR) is 92.9 cm³/mol. The molecule has 1 unspecified atom stereocenters. The van der Waals surface area contributed by atoms with E-state index in [-0.39, 0.29) is 30.0 Å². The van der Waals surface area contributed by atoms with Gasteiger partial charge in [0.25, 0.3) is 5.92 Å². The second-order valence-corrected chi connectivity index (χ2v) is 8.35. The molecule has 27 heavy (non-hydrogen) atoms. The van der Waals surface area contributed by atoms with E-state index in [1.165, 1.54) is 0 Å². The minimum absolute atomic E-state index is 0.0987. The van der Waals surface area contributed by atoms with Gasteiger partial charge >= 0.3 is 0 Å². The van der Waals surface area contributed by atoms with Crippen LogP contribution >= 0.6 is 0 Å². The number of nitrogens with one attached hydrogen (secondary N) is 1. The lowest BCUT2D eigenvalue weighted by Crippen LogP contribution is -2.47. The van der Waals surface area contributed by atoms with Crippen molar-refractivity contribution in [3.05, 3.63) is 11.3 Å². The van der Waals surface area contributed by atoms with Gasteiger partial charge in [0.15, 0.2) is 0 Å². The molecule has 1 aromatic rings. The molecule has 2 N–H and O–H groups in total. The van der Waals surface area contributed by atoms with Crippen LogP contribution in [-0.2, 0) is 17.1 Å². The van der Waals surface area contributed by atoms with Gasteiger partial charge in [-0.15, -0.1) is 0 Å². The zero-order valence-corrected chi connectivity index (χ0v) is 15.2. The number of rotatable bonds is 4. The molecule has 1 amide bonds. The Morgan fingerprint density at radius 3 is 2.67 bits per heavy atom. The van der Waals surface area contributed by atoms with Gasteiger partial charge in [0.2, 0.25) is 11.9 Å².